The third-order valence-electron chi connectivity index (χ3n) is 3.62. The number of hydrogen-bond acceptors (Lipinski definition) is 4. The maximum atomic E-state index is 12.2. The van der Waals surface area contributed by atoms with Gasteiger partial charge in [-0.15, -0.1) is 10.2 Å². The molecule has 1 N–H and O–H groups in total. The van der Waals surface area contributed by atoms with Crippen LogP contribution in [0.4, 0.5) is 5.69 Å². The van der Waals surface area contributed by atoms with Crippen LogP contribution in [0.5, 0.6) is 0 Å². The molecule has 0 fully saturated rings. The van der Waals surface area contributed by atoms with Gasteiger partial charge in [0.1, 0.15) is 0 Å². The average Bonchev–Trinajstić information content (AvgIpc) is 2.97. The first kappa shape index (κ1) is 17.7. The van der Waals surface area contributed by atoms with Gasteiger partial charge in [0, 0.05) is 17.1 Å². The van der Waals surface area contributed by atoms with E-state index in [1.165, 1.54) is 17.3 Å². The summed E-state index contributed by atoms with van der Waals surface area (Å²) in [5.41, 5.74) is 2.96. The van der Waals surface area contributed by atoms with Crippen LogP contribution in [0, 0.1) is 6.92 Å². The molecule has 1 amide bonds. The van der Waals surface area contributed by atoms with E-state index in [1.54, 1.807) is 0 Å². The zero-order valence-corrected chi connectivity index (χ0v) is 16.3. The highest BCUT2D eigenvalue weighted by Gasteiger charge is 2.13. The molecule has 0 aliphatic rings. The van der Waals surface area contributed by atoms with Gasteiger partial charge in [0.25, 0.3) is 0 Å². The van der Waals surface area contributed by atoms with E-state index in [4.69, 9.17) is 0 Å². The van der Waals surface area contributed by atoms with E-state index in [9.17, 15) is 4.79 Å². The molecule has 0 bridgehead atoms. The van der Waals surface area contributed by atoms with E-state index in [-0.39, 0.29) is 11.7 Å². The van der Waals surface area contributed by atoms with Gasteiger partial charge in [-0.05, 0) is 35.0 Å². The van der Waals surface area contributed by atoms with Crippen molar-refractivity contribution in [3.8, 4) is 11.4 Å². The third-order valence-corrected chi connectivity index (χ3v) is 5.34. The van der Waals surface area contributed by atoms with E-state index in [2.05, 4.69) is 31.4 Å². The summed E-state index contributed by atoms with van der Waals surface area (Å²) in [5.74, 6) is 0.965. The van der Waals surface area contributed by atoms with Crippen molar-refractivity contribution in [3.05, 3.63) is 58.6 Å². The molecule has 0 radical (unpaired) electrons. The van der Waals surface area contributed by atoms with E-state index in [1.807, 2.05) is 67.1 Å². The highest BCUT2D eigenvalue weighted by atomic mass is 79.9. The molecule has 128 valence electrons. The first-order valence-electron chi connectivity index (χ1n) is 7.68. The minimum Gasteiger partial charge on any atom is -0.324 e. The second-order valence-electron chi connectivity index (χ2n) is 5.55. The topological polar surface area (TPSA) is 59.8 Å². The Morgan fingerprint density at radius 3 is 2.60 bits per heavy atom. The van der Waals surface area contributed by atoms with Gasteiger partial charge in [-0.3, -0.25) is 4.79 Å². The lowest BCUT2D eigenvalue weighted by Gasteiger charge is -2.07. The number of nitrogens with zero attached hydrogens (tertiary/aromatic N) is 3. The number of para-hydroxylation sites is 1. The summed E-state index contributed by atoms with van der Waals surface area (Å²) in [6.07, 6.45) is 0. The lowest BCUT2D eigenvalue weighted by atomic mass is 10.1. The van der Waals surface area contributed by atoms with E-state index in [0.29, 0.717) is 5.16 Å². The Labute approximate surface area is 159 Å². The molecule has 1 heterocycles. The molecule has 0 atom stereocenters. The van der Waals surface area contributed by atoms with E-state index < -0.39 is 0 Å². The molecule has 3 rings (SSSR count). The summed E-state index contributed by atoms with van der Waals surface area (Å²) in [5, 5.41) is 12.0. The van der Waals surface area contributed by atoms with Crippen molar-refractivity contribution in [3.63, 3.8) is 0 Å². The van der Waals surface area contributed by atoms with Crippen molar-refractivity contribution in [1.82, 2.24) is 14.8 Å². The molecule has 5 nitrogen and oxygen atoms in total. The molecule has 0 aliphatic heterocycles. The Kier molecular flexibility index (Phi) is 5.55. The number of carbonyl (C=O) groups excluding carboxylic acids is 1. The lowest BCUT2D eigenvalue weighted by Crippen LogP contribution is -2.14. The van der Waals surface area contributed by atoms with Gasteiger partial charge in [-0.2, -0.15) is 0 Å². The number of aryl methyl sites for hydroxylation is 1. The second kappa shape index (κ2) is 7.84. The molecule has 3 aromatic rings. The van der Waals surface area contributed by atoms with E-state index >= 15 is 0 Å². The maximum absolute atomic E-state index is 12.2. The quantitative estimate of drug-likeness (QED) is 0.630. The molecule has 7 heteroatoms. The number of nitrogens with one attached hydrogen (secondary N) is 1. The molecule has 0 unspecified atom stereocenters. The summed E-state index contributed by atoms with van der Waals surface area (Å²) < 4.78 is 2.76. The fraction of sp³-hybridized carbons (Fsp3) is 0.167. The predicted octanol–water partition coefficient (Wildman–Crippen LogP) is 4.28. The molecule has 1 aromatic heterocycles. The fourth-order valence-corrected chi connectivity index (χ4v) is 3.37. The Bertz CT molecular complexity index is 892. The largest absolute Gasteiger partial charge is 0.324 e. The standard InChI is InChI=1S/C18H17BrN4OS/c1-12-7-9-13(10-8-12)17-21-22-18(23(17)2)25-11-16(24)20-15-6-4-3-5-14(15)19/h3-10H,11H2,1-2H3,(H,20,24). The number of aromatic nitrogens is 3. The molecule has 2 aromatic carbocycles. The van der Waals surface area contributed by atoms with Crippen LogP contribution < -0.4 is 5.32 Å². The molecule has 0 saturated carbocycles. The predicted molar refractivity (Wildman–Crippen MR) is 105 cm³/mol. The van der Waals surface area contributed by atoms with Crippen LogP contribution in [-0.4, -0.2) is 26.4 Å². The smallest absolute Gasteiger partial charge is 0.234 e. The van der Waals surface area contributed by atoms with Crippen LogP contribution in [0.3, 0.4) is 0 Å². The van der Waals surface area contributed by atoms with Crippen LogP contribution in [-0.2, 0) is 11.8 Å². The molecule has 0 spiro atoms. The summed E-state index contributed by atoms with van der Waals surface area (Å²) in [6, 6.07) is 15.7. The van der Waals surface area contributed by atoms with Gasteiger partial charge < -0.3 is 9.88 Å². The van der Waals surface area contributed by atoms with Crippen molar-refractivity contribution < 1.29 is 4.79 Å². The summed E-state index contributed by atoms with van der Waals surface area (Å²) in [7, 11) is 1.91. The summed E-state index contributed by atoms with van der Waals surface area (Å²) in [4.78, 5) is 12.2. The normalized spacial score (nSPS) is 10.7. The number of hydrogen-bond donors (Lipinski definition) is 1. The Balaban J connectivity index is 1.65. The number of amides is 1. The van der Waals surface area contributed by atoms with Gasteiger partial charge in [0.15, 0.2) is 11.0 Å². The fourth-order valence-electron chi connectivity index (χ4n) is 2.27. The lowest BCUT2D eigenvalue weighted by molar-refractivity contribution is -0.113. The Hall–Kier alpha value is -2.12. The summed E-state index contributed by atoms with van der Waals surface area (Å²) >= 11 is 4.78. The zero-order valence-electron chi connectivity index (χ0n) is 13.9. The van der Waals surface area contributed by atoms with Crippen LogP contribution in [0.2, 0.25) is 0 Å². The summed E-state index contributed by atoms with van der Waals surface area (Å²) in [6.45, 7) is 2.05. The number of anilines is 1. The first-order chi connectivity index (χ1) is 12.0. The van der Waals surface area contributed by atoms with Crippen molar-refractivity contribution in [2.75, 3.05) is 11.1 Å². The minimum atomic E-state index is -0.0863. The van der Waals surface area contributed by atoms with Gasteiger partial charge >= 0.3 is 0 Å². The van der Waals surface area contributed by atoms with Gasteiger partial charge in [0.2, 0.25) is 5.91 Å². The van der Waals surface area contributed by atoms with Crippen molar-refractivity contribution in [1.29, 1.82) is 0 Å². The SMILES string of the molecule is Cc1ccc(-c2nnc(SCC(=O)Nc3ccccc3Br)n2C)cc1. The number of halogens is 1. The van der Waals surface area contributed by atoms with Crippen LogP contribution in [0.25, 0.3) is 11.4 Å². The highest BCUT2D eigenvalue weighted by Crippen LogP contribution is 2.24. The Morgan fingerprint density at radius 2 is 1.88 bits per heavy atom. The van der Waals surface area contributed by atoms with Crippen molar-refractivity contribution >= 4 is 39.3 Å². The monoisotopic (exact) mass is 416 g/mol. The maximum Gasteiger partial charge on any atom is 0.234 e. The number of carbonyl (C=O) groups is 1. The van der Waals surface area contributed by atoms with Crippen molar-refractivity contribution in [2.24, 2.45) is 7.05 Å². The molecule has 25 heavy (non-hydrogen) atoms. The van der Waals surface area contributed by atoms with Crippen molar-refractivity contribution in [2.45, 2.75) is 12.1 Å². The number of rotatable bonds is 5. The zero-order chi connectivity index (χ0) is 17.8. The Morgan fingerprint density at radius 1 is 1.16 bits per heavy atom. The minimum absolute atomic E-state index is 0.0863. The third kappa shape index (κ3) is 4.29. The number of thioether (sulfide) groups is 1. The molecule has 0 saturated heterocycles. The molecule has 0 aliphatic carbocycles. The van der Waals surface area contributed by atoms with Crippen LogP contribution >= 0.6 is 27.7 Å². The second-order valence-corrected chi connectivity index (χ2v) is 7.34. The highest BCUT2D eigenvalue weighted by molar-refractivity contribution is 9.10. The van der Waals surface area contributed by atoms with Gasteiger partial charge in [0.05, 0.1) is 11.4 Å². The number of benzene rings is 2. The van der Waals surface area contributed by atoms with Crippen LogP contribution in [0.15, 0.2) is 58.2 Å². The van der Waals surface area contributed by atoms with Crippen LogP contribution in [0.1, 0.15) is 5.56 Å². The average molecular weight is 417 g/mol. The molecular formula is C18H17BrN4OS. The molecular weight excluding hydrogens is 400 g/mol. The first-order valence-corrected chi connectivity index (χ1v) is 9.46. The van der Waals surface area contributed by atoms with E-state index in [0.717, 1.165) is 21.5 Å². The van der Waals surface area contributed by atoms with Gasteiger partial charge in [-0.1, -0.05) is 53.7 Å². The van der Waals surface area contributed by atoms with Gasteiger partial charge in [-0.25, -0.2) is 0 Å².